The van der Waals surface area contributed by atoms with Crippen molar-refractivity contribution in [3.05, 3.63) is 94.8 Å². The number of hydrogen-bond acceptors (Lipinski definition) is 4. The number of anilines is 1. The Kier molecular flexibility index (Phi) is 6.47. The molecular weight excluding hydrogens is 436 g/mol. The highest BCUT2D eigenvalue weighted by Gasteiger charge is 2.50. The fraction of sp³-hybridized carbons (Fsp3) is 0.400. The molecule has 0 radical (unpaired) electrons. The van der Waals surface area contributed by atoms with Gasteiger partial charge in [0.2, 0.25) is 0 Å². The van der Waals surface area contributed by atoms with Crippen LogP contribution in [0, 0.1) is 12.8 Å². The molecule has 3 atom stereocenters. The number of ether oxygens (including phenoxy) is 1. The highest BCUT2D eigenvalue weighted by atomic mass is 16.5. The molecule has 1 aliphatic heterocycles. The lowest BCUT2D eigenvalue weighted by molar-refractivity contribution is -0.0669. The summed E-state index contributed by atoms with van der Waals surface area (Å²) in [7, 11) is 0. The summed E-state index contributed by atoms with van der Waals surface area (Å²) in [6.07, 6.45) is 5.78. The van der Waals surface area contributed by atoms with Crippen LogP contribution in [0.15, 0.2) is 66.9 Å². The Balaban J connectivity index is 1.52. The van der Waals surface area contributed by atoms with Crippen LogP contribution in [0.3, 0.4) is 0 Å². The topological polar surface area (TPSA) is 71.5 Å². The minimum Gasteiger partial charge on any atom is -0.390 e. The number of nitrogens with one attached hydrogen (secondary N) is 1. The molecule has 5 heteroatoms. The van der Waals surface area contributed by atoms with E-state index in [0.717, 1.165) is 49.0 Å². The molecule has 2 aromatic carbocycles. The summed E-state index contributed by atoms with van der Waals surface area (Å²) < 4.78 is 6.21. The van der Waals surface area contributed by atoms with E-state index in [0.29, 0.717) is 18.8 Å². The Labute approximate surface area is 207 Å². The minimum absolute atomic E-state index is 0.135. The Bertz CT molecular complexity index is 1210. The van der Waals surface area contributed by atoms with Crippen molar-refractivity contribution in [2.75, 3.05) is 11.9 Å². The van der Waals surface area contributed by atoms with Crippen LogP contribution in [0.1, 0.15) is 65.3 Å². The summed E-state index contributed by atoms with van der Waals surface area (Å²) in [5.41, 5.74) is 4.97. The Morgan fingerprint density at radius 3 is 2.74 bits per heavy atom. The number of hydrogen-bond donors (Lipinski definition) is 2. The van der Waals surface area contributed by atoms with E-state index >= 15 is 0 Å². The van der Waals surface area contributed by atoms with E-state index in [1.807, 2.05) is 37.3 Å². The van der Waals surface area contributed by atoms with Gasteiger partial charge >= 0.3 is 0 Å². The molecule has 35 heavy (non-hydrogen) atoms. The normalized spacial score (nSPS) is 25.7. The highest BCUT2D eigenvalue weighted by molar-refractivity contribution is 6.04. The number of carbonyl (C=O) groups is 1. The molecule has 1 aromatic heterocycles. The van der Waals surface area contributed by atoms with E-state index in [2.05, 4.69) is 47.6 Å². The van der Waals surface area contributed by atoms with Crippen LogP contribution in [0.5, 0.6) is 0 Å². The van der Waals surface area contributed by atoms with Crippen molar-refractivity contribution >= 4 is 11.6 Å². The molecule has 2 aliphatic rings. The molecule has 3 unspecified atom stereocenters. The molecule has 3 aromatic rings. The SMILES string of the molecule is CCC1(O)CCC2(Cc3ccccc3)c3ccc(C(=O)Nc4cccnc4C)cc3COCC2C1. The summed E-state index contributed by atoms with van der Waals surface area (Å²) in [5.74, 6) is 0.0613. The first-order valence-electron chi connectivity index (χ1n) is 12.6. The maximum Gasteiger partial charge on any atom is 0.255 e. The van der Waals surface area contributed by atoms with E-state index in [-0.39, 0.29) is 17.2 Å². The van der Waals surface area contributed by atoms with Crippen molar-refractivity contribution in [3.63, 3.8) is 0 Å². The molecule has 1 saturated carbocycles. The van der Waals surface area contributed by atoms with Crippen molar-refractivity contribution in [2.45, 2.75) is 63.6 Å². The number of rotatable bonds is 5. The molecule has 5 rings (SSSR count). The van der Waals surface area contributed by atoms with E-state index in [1.54, 1.807) is 6.20 Å². The second-order valence-electron chi connectivity index (χ2n) is 10.3. The van der Waals surface area contributed by atoms with Gasteiger partial charge < -0.3 is 15.2 Å². The fourth-order valence-electron chi connectivity index (χ4n) is 6.06. The summed E-state index contributed by atoms with van der Waals surface area (Å²) in [4.78, 5) is 17.4. The zero-order chi connectivity index (χ0) is 24.5. The molecule has 0 spiro atoms. The fourth-order valence-corrected chi connectivity index (χ4v) is 6.06. The number of fused-ring (bicyclic) bond motifs is 3. The predicted octanol–water partition coefficient (Wildman–Crippen LogP) is 5.59. The van der Waals surface area contributed by atoms with Gasteiger partial charge in [-0.3, -0.25) is 9.78 Å². The molecule has 0 saturated heterocycles. The lowest BCUT2D eigenvalue weighted by atomic mass is 9.56. The van der Waals surface area contributed by atoms with Gasteiger partial charge in [-0.15, -0.1) is 0 Å². The van der Waals surface area contributed by atoms with Crippen LogP contribution in [-0.2, 0) is 23.2 Å². The number of aliphatic hydroxyl groups is 1. The standard InChI is InChI=1S/C30H34N2O3/c1-3-29(34)13-14-30(17-22-8-5-4-6-9-22)25(18-29)20-35-19-24-16-23(11-12-26(24)30)28(33)32-27-10-7-15-31-21(27)2/h4-12,15-16,25,34H,3,13-14,17-20H2,1-2H3,(H,32,33). The maximum atomic E-state index is 13.1. The third-order valence-corrected chi connectivity index (χ3v) is 8.20. The van der Waals surface area contributed by atoms with Crippen molar-refractivity contribution in [1.29, 1.82) is 0 Å². The summed E-state index contributed by atoms with van der Waals surface area (Å²) >= 11 is 0. The number of benzene rings is 2. The largest absolute Gasteiger partial charge is 0.390 e. The number of pyridine rings is 1. The highest BCUT2D eigenvalue weighted by Crippen LogP contribution is 2.52. The van der Waals surface area contributed by atoms with Crippen LogP contribution >= 0.6 is 0 Å². The van der Waals surface area contributed by atoms with Crippen molar-refractivity contribution < 1.29 is 14.6 Å². The first-order chi connectivity index (χ1) is 16.9. The maximum absolute atomic E-state index is 13.1. The molecule has 5 nitrogen and oxygen atoms in total. The van der Waals surface area contributed by atoms with Crippen LogP contribution in [0.2, 0.25) is 0 Å². The van der Waals surface area contributed by atoms with Gasteiger partial charge in [-0.05, 0) is 85.9 Å². The van der Waals surface area contributed by atoms with Gasteiger partial charge in [-0.2, -0.15) is 0 Å². The van der Waals surface area contributed by atoms with Crippen LogP contribution in [-0.4, -0.2) is 28.2 Å². The zero-order valence-electron chi connectivity index (χ0n) is 20.6. The first kappa shape index (κ1) is 23.7. The smallest absolute Gasteiger partial charge is 0.255 e. The second-order valence-corrected chi connectivity index (χ2v) is 10.3. The molecule has 2 N–H and O–H groups in total. The molecule has 2 heterocycles. The van der Waals surface area contributed by atoms with Gasteiger partial charge in [0.15, 0.2) is 0 Å². The zero-order valence-corrected chi connectivity index (χ0v) is 20.6. The molecule has 0 bridgehead atoms. The van der Waals surface area contributed by atoms with Crippen LogP contribution in [0.25, 0.3) is 0 Å². The number of nitrogens with zero attached hydrogens (tertiary/aromatic N) is 1. The van der Waals surface area contributed by atoms with Gasteiger partial charge in [-0.25, -0.2) is 0 Å². The van der Waals surface area contributed by atoms with Gasteiger partial charge in [0.25, 0.3) is 5.91 Å². The molecule has 1 amide bonds. The first-order valence-corrected chi connectivity index (χ1v) is 12.6. The summed E-state index contributed by atoms with van der Waals surface area (Å²) in [6, 6.07) is 20.4. The van der Waals surface area contributed by atoms with E-state index < -0.39 is 5.60 Å². The van der Waals surface area contributed by atoms with Crippen molar-refractivity contribution in [2.24, 2.45) is 5.92 Å². The number of aryl methyl sites for hydroxylation is 1. The molecule has 1 aliphatic carbocycles. The Hall–Kier alpha value is -3.02. The Morgan fingerprint density at radius 1 is 1.14 bits per heavy atom. The molecule has 1 fully saturated rings. The van der Waals surface area contributed by atoms with Crippen molar-refractivity contribution in [1.82, 2.24) is 4.98 Å². The molecule has 182 valence electrons. The van der Waals surface area contributed by atoms with E-state index in [1.165, 1.54) is 11.1 Å². The van der Waals surface area contributed by atoms with Crippen LogP contribution in [0.4, 0.5) is 5.69 Å². The number of carbonyl (C=O) groups excluding carboxylic acids is 1. The van der Waals surface area contributed by atoms with Gasteiger partial charge in [-0.1, -0.05) is 43.3 Å². The Morgan fingerprint density at radius 2 is 1.97 bits per heavy atom. The minimum atomic E-state index is -0.639. The van der Waals surface area contributed by atoms with E-state index in [4.69, 9.17) is 4.74 Å². The summed E-state index contributed by atoms with van der Waals surface area (Å²) in [5, 5.41) is 14.2. The van der Waals surface area contributed by atoms with E-state index in [9.17, 15) is 9.90 Å². The third kappa shape index (κ3) is 4.63. The number of aromatic nitrogens is 1. The van der Waals surface area contributed by atoms with Gasteiger partial charge in [0.1, 0.15) is 0 Å². The second kappa shape index (κ2) is 9.56. The van der Waals surface area contributed by atoms with Crippen LogP contribution < -0.4 is 5.32 Å². The predicted molar refractivity (Wildman–Crippen MR) is 137 cm³/mol. The van der Waals surface area contributed by atoms with Crippen molar-refractivity contribution in [3.8, 4) is 0 Å². The van der Waals surface area contributed by atoms with Gasteiger partial charge in [0.05, 0.1) is 30.2 Å². The molecular formula is C30H34N2O3. The third-order valence-electron chi connectivity index (χ3n) is 8.20. The average molecular weight is 471 g/mol. The number of amides is 1. The monoisotopic (exact) mass is 470 g/mol. The average Bonchev–Trinajstić information content (AvgIpc) is 3.02. The quantitative estimate of drug-likeness (QED) is 0.510. The summed E-state index contributed by atoms with van der Waals surface area (Å²) in [6.45, 7) is 5.04. The van der Waals surface area contributed by atoms with Gasteiger partial charge in [0, 0.05) is 17.2 Å². The lowest BCUT2D eigenvalue weighted by Crippen LogP contribution is -2.50. The lowest BCUT2D eigenvalue weighted by Gasteiger charge is -2.50.